The summed E-state index contributed by atoms with van der Waals surface area (Å²) in [6.07, 6.45) is 1.51. The number of carbonyl (C=O) groups excluding carboxylic acids is 2. The third-order valence-corrected chi connectivity index (χ3v) is 5.67. The second-order valence-electron chi connectivity index (χ2n) is 7.97. The summed E-state index contributed by atoms with van der Waals surface area (Å²) in [6.45, 7) is 2.50. The Labute approximate surface area is 217 Å². The van der Waals surface area contributed by atoms with E-state index in [0.717, 1.165) is 15.6 Å². The topological polar surface area (TPSA) is 77.0 Å². The van der Waals surface area contributed by atoms with Crippen LogP contribution in [-0.4, -0.2) is 18.1 Å². The number of halogens is 1. The maximum Gasteiger partial charge on any atom is 0.343 e. The van der Waals surface area contributed by atoms with E-state index in [1.54, 1.807) is 66.7 Å². The minimum atomic E-state index is -0.448. The third kappa shape index (κ3) is 7.13. The van der Waals surface area contributed by atoms with E-state index in [2.05, 4.69) is 26.5 Å². The predicted molar refractivity (Wildman–Crippen MR) is 143 cm³/mol. The number of hydrogen-bond acceptors (Lipinski definition) is 5. The molecule has 0 heterocycles. The van der Waals surface area contributed by atoms with Gasteiger partial charge in [0.2, 0.25) is 0 Å². The first-order valence-electron chi connectivity index (χ1n) is 11.2. The molecule has 0 atom stereocenters. The summed E-state index contributed by atoms with van der Waals surface area (Å²) < 4.78 is 12.0. The van der Waals surface area contributed by atoms with Crippen molar-refractivity contribution < 1.29 is 19.1 Å². The van der Waals surface area contributed by atoms with Gasteiger partial charge in [0.25, 0.3) is 5.91 Å². The molecule has 0 saturated carbocycles. The van der Waals surface area contributed by atoms with Crippen LogP contribution < -0.4 is 14.9 Å². The highest BCUT2D eigenvalue weighted by Gasteiger charge is 2.09. The minimum absolute atomic E-state index is 0.337. The van der Waals surface area contributed by atoms with E-state index >= 15 is 0 Å². The lowest BCUT2D eigenvalue weighted by molar-refractivity contribution is 0.0734. The van der Waals surface area contributed by atoms with Crippen molar-refractivity contribution in [1.82, 2.24) is 5.43 Å². The minimum Gasteiger partial charge on any atom is -0.489 e. The van der Waals surface area contributed by atoms with Crippen LogP contribution in [0.4, 0.5) is 0 Å². The van der Waals surface area contributed by atoms with E-state index in [-0.39, 0.29) is 5.91 Å². The van der Waals surface area contributed by atoms with Crippen LogP contribution in [0.1, 0.15) is 37.4 Å². The number of hydrazone groups is 1. The number of rotatable bonds is 8. The Morgan fingerprint density at radius 1 is 0.861 bits per heavy atom. The van der Waals surface area contributed by atoms with Crippen LogP contribution in [0, 0.1) is 6.92 Å². The Bertz CT molecular complexity index is 1370. The number of nitrogens with zero attached hydrogens (tertiary/aromatic N) is 1. The molecule has 36 heavy (non-hydrogen) atoms. The fourth-order valence-corrected chi connectivity index (χ4v) is 3.59. The van der Waals surface area contributed by atoms with Crippen molar-refractivity contribution in [1.29, 1.82) is 0 Å². The predicted octanol–water partition coefficient (Wildman–Crippen LogP) is 6.32. The highest BCUT2D eigenvalue weighted by molar-refractivity contribution is 9.10. The molecular formula is C29H23BrN2O4. The van der Waals surface area contributed by atoms with Crippen LogP contribution in [0.5, 0.6) is 11.5 Å². The summed E-state index contributed by atoms with van der Waals surface area (Å²) in [6, 6.07) is 28.8. The third-order valence-electron chi connectivity index (χ3n) is 5.17. The van der Waals surface area contributed by atoms with Crippen LogP contribution in [0.15, 0.2) is 107 Å². The molecule has 6 nitrogen and oxygen atoms in total. The molecule has 0 aliphatic carbocycles. The summed E-state index contributed by atoms with van der Waals surface area (Å²) in [4.78, 5) is 24.6. The maximum absolute atomic E-state index is 12.4. The summed E-state index contributed by atoms with van der Waals surface area (Å²) in [7, 11) is 0. The number of esters is 1. The Morgan fingerprint density at radius 2 is 1.56 bits per heavy atom. The Hall–Kier alpha value is -4.23. The van der Waals surface area contributed by atoms with Gasteiger partial charge in [-0.3, -0.25) is 4.79 Å². The van der Waals surface area contributed by atoms with E-state index in [1.807, 2.05) is 37.3 Å². The largest absolute Gasteiger partial charge is 0.489 e. The van der Waals surface area contributed by atoms with Gasteiger partial charge >= 0.3 is 5.97 Å². The molecule has 7 heteroatoms. The molecule has 4 rings (SSSR count). The first-order valence-corrected chi connectivity index (χ1v) is 12.0. The average Bonchev–Trinajstić information content (AvgIpc) is 2.89. The lowest BCUT2D eigenvalue weighted by atomic mass is 10.2. The lowest BCUT2D eigenvalue weighted by Crippen LogP contribution is -2.17. The van der Waals surface area contributed by atoms with Crippen molar-refractivity contribution in [3.8, 4) is 11.5 Å². The number of benzene rings is 4. The quantitative estimate of drug-likeness (QED) is 0.122. The van der Waals surface area contributed by atoms with Crippen LogP contribution >= 0.6 is 15.9 Å². The Balaban J connectivity index is 1.25. The number of nitrogens with one attached hydrogen (secondary N) is 1. The summed E-state index contributed by atoms with van der Waals surface area (Å²) in [5.41, 5.74) is 6.42. The van der Waals surface area contributed by atoms with Gasteiger partial charge in [-0.05, 0) is 84.8 Å². The van der Waals surface area contributed by atoms with E-state index in [4.69, 9.17) is 9.47 Å². The normalized spacial score (nSPS) is 10.7. The molecule has 0 saturated heterocycles. The summed E-state index contributed by atoms with van der Waals surface area (Å²) in [5, 5.41) is 4.00. The molecule has 0 bridgehead atoms. The molecule has 0 unspecified atom stereocenters. The highest BCUT2D eigenvalue weighted by atomic mass is 79.9. The highest BCUT2D eigenvalue weighted by Crippen LogP contribution is 2.17. The first-order chi connectivity index (χ1) is 17.5. The van der Waals surface area contributed by atoms with E-state index in [0.29, 0.717) is 29.2 Å². The van der Waals surface area contributed by atoms with Gasteiger partial charge in [-0.15, -0.1) is 0 Å². The molecule has 180 valence electrons. The van der Waals surface area contributed by atoms with Crippen molar-refractivity contribution in [3.05, 3.63) is 129 Å². The van der Waals surface area contributed by atoms with E-state index < -0.39 is 5.97 Å². The lowest BCUT2D eigenvalue weighted by Gasteiger charge is -2.07. The number of aryl methyl sites for hydroxylation is 1. The van der Waals surface area contributed by atoms with Gasteiger partial charge in [0, 0.05) is 10.0 Å². The summed E-state index contributed by atoms with van der Waals surface area (Å²) >= 11 is 3.34. The average molecular weight is 543 g/mol. The molecule has 0 aromatic heterocycles. The Kier molecular flexibility index (Phi) is 8.26. The van der Waals surface area contributed by atoms with Crippen LogP contribution in [-0.2, 0) is 6.61 Å². The molecule has 0 aliphatic rings. The molecule has 4 aromatic carbocycles. The van der Waals surface area contributed by atoms with E-state index in [9.17, 15) is 9.59 Å². The SMILES string of the molecule is Cc1ccc(COc2ccc(C(=O)N/N=C\c3ccc(OC(=O)c4cccc(Br)c4)cc3)cc2)cc1. The van der Waals surface area contributed by atoms with Gasteiger partial charge in [0.15, 0.2) is 0 Å². The molecule has 1 amide bonds. The van der Waals surface area contributed by atoms with Crippen LogP contribution in [0.2, 0.25) is 0 Å². The summed E-state index contributed by atoms with van der Waals surface area (Å²) in [5.74, 6) is 0.301. The number of carbonyl (C=O) groups is 2. The van der Waals surface area contributed by atoms with Gasteiger partial charge in [-0.1, -0.05) is 51.8 Å². The molecule has 0 spiro atoms. The molecular weight excluding hydrogens is 520 g/mol. The molecule has 0 aliphatic heterocycles. The molecule has 4 aromatic rings. The maximum atomic E-state index is 12.4. The smallest absolute Gasteiger partial charge is 0.343 e. The monoisotopic (exact) mass is 542 g/mol. The molecule has 1 N–H and O–H groups in total. The van der Waals surface area contributed by atoms with Gasteiger partial charge in [0.05, 0.1) is 11.8 Å². The Morgan fingerprint density at radius 3 is 2.25 bits per heavy atom. The zero-order valence-electron chi connectivity index (χ0n) is 19.5. The van der Waals surface area contributed by atoms with Gasteiger partial charge in [-0.2, -0.15) is 5.10 Å². The number of hydrogen-bond donors (Lipinski definition) is 1. The van der Waals surface area contributed by atoms with Gasteiger partial charge < -0.3 is 9.47 Å². The molecule has 0 radical (unpaired) electrons. The van der Waals surface area contributed by atoms with Crippen molar-refractivity contribution in [2.24, 2.45) is 5.10 Å². The van der Waals surface area contributed by atoms with Crippen molar-refractivity contribution in [2.45, 2.75) is 13.5 Å². The van der Waals surface area contributed by atoms with Gasteiger partial charge in [-0.25, -0.2) is 10.2 Å². The fraction of sp³-hybridized carbons (Fsp3) is 0.0690. The zero-order chi connectivity index (χ0) is 25.3. The van der Waals surface area contributed by atoms with E-state index in [1.165, 1.54) is 11.8 Å². The standard InChI is InChI=1S/C29H23BrN2O4/c1-20-5-7-22(8-6-20)19-35-26-15-11-23(12-16-26)28(33)32-31-18-21-9-13-27(14-10-21)36-29(34)24-3-2-4-25(30)17-24/h2-18H,19H2,1H3,(H,32,33)/b31-18-. The van der Waals surface area contributed by atoms with Gasteiger partial charge in [0.1, 0.15) is 18.1 Å². The van der Waals surface area contributed by atoms with Crippen LogP contribution in [0.25, 0.3) is 0 Å². The second kappa shape index (κ2) is 12.0. The zero-order valence-corrected chi connectivity index (χ0v) is 21.1. The second-order valence-corrected chi connectivity index (χ2v) is 8.88. The number of ether oxygens (including phenoxy) is 2. The van der Waals surface area contributed by atoms with Crippen molar-refractivity contribution >= 4 is 34.0 Å². The van der Waals surface area contributed by atoms with Crippen molar-refractivity contribution in [2.75, 3.05) is 0 Å². The first kappa shape index (κ1) is 24.9. The fourth-order valence-electron chi connectivity index (χ4n) is 3.19. The number of amides is 1. The van der Waals surface area contributed by atoms with Crippen LogP contribution in [0.3, 0.4) is 0 Å². The molecule has 0 fully saturated rings. The van der Waals surface area contributed by atoms with Crippen molar-refractivity contribution in [3.63, 3.8) is 0 Å².